The zero-order valence-electron chi connectivity index (χ0n) is 21.6. The minimum atomic E-state index is -0.973. The summed E-state index contributed by atoms with van der Waals surface area (Å²) in [6.45, 7) is 5.30. The first-order valence-electron chi connectivity index (χ1n) is 13.3. The molecule has 4 rings (SSSR count). The van der Waals surface area contributed by atoms with Crippen molar-refractivity contribution in [1.29, 1.82) is 0 Å². The molecule has 0 unspecified atom stereocenters. The standard InChI is InChI=1S/C31H35F3O3/c1-3-5-18-36-25-13-10-23(11-14-25)26-15-17-29(31(34)30(26)33)37-20-21-6-8-22(9-7-21)24-12-16-28(35-4-2)27(32)19-24/h10-17,19,21-22H,3-9,18,20H2,1-2H3. The summed E-state index contributed by atoms with van der Waals surface area (Å²) in [6.07, 6.45) is 5.57. The molecule has 3 aromatic rings. The molecule has 0 bridgehead atoms. The Labute approximate surface area is 217 Å². The molecule has 6 heteroatoms. The molecule has 0 heterocycles. The minimum absolute atomic E-state index is 0.0727. The average molecular weight is 513 g/mol. The fourth-order valence-electron chi connectivity index (χ4n) is 4.84. The topological polar surface area (TPSA) is 27.7 Å². The van der Waals surface area contributed by atoms with E-state index in [1.165, 1.54) is 6.07 Å². The van der Waals surface area contributed by atoms with Gasteiger partial charge in [-0.2, -0.15) is 4.39 Å². The third kappa shape index (κ3) is 6.79. The van der Waals surface area contributed by atoms with E-state index >= 15 is 0 Å². The van der Waals surface area contributed by atoms with Crippen molar-refractivity contribution in [1.82, 2.24) is 0 Å². The second-order valence-electron chi connectivity index (χ2n) is 9.62. The van der Waals surface area contributed by atoms with Gasteiger partial charge >= 0.3 is 0 Å². The molecule has 0 saturated heterocycles. The third-order valence-corrected chi connectivity index (χ3v) is 7.03. The van der Waals surface area contributed by atoms with Crippen LogP contribution in [0.15, 0.2) is 54.6 Å². The summed E-state index contributed by atoms with van der Waals surface area (Å²) in [4.78, 5) is 0. The summed E-state index contributed by atoms with van der Waals surface area (Å²) in [5.41, 5.74) is 1.74. The zero-order chi connectivity index (χ0) is 26.2. The van der Waals surface area contributed by atoms with Crippen molar-refractivity contribution < 1.29 is 27.4 Å². The van der Waals surface area contributed by atoms with Crippen molar-refractivity contribution >= 4 is 0 Å². The number of ether oxygens (including phenoxy) is 3. The van der Waals surface area contributed by atoms with Gasteiger partial charge in [0.15, 0.2) is 23.1 Å². The molecule has 1 aliphatic carbocycles. The van der Waals surface area contributed by atoms with Gasteiger partial charge < -0.3 is 14.2 Å². The molecule has 198 valence electrons. The maximum Gasteiger partial charge on any atom is 0.201 e. The summed E-state index contributed by atoms with van der Waals surface area (Å²) in [5, 5.41) is 0. The summed E-state index contributed by atoms with van der Waals surface area (Å²) in [6, 6.07) is 15.2. The molecular formula is C31H35F3O3. The zero-order valence-corrected chi connectivity index (χ0v) is 21.6. The first-order chi connectivity index (χ1) is 18.0. The predicted molar refractivity (Wildman–Crippen MR) is 140 cm³/mol. The lowest BCUT2D eigenvalue weighted by atomic mass is 9.79. The molecule has 0 radical (unpaired) electrons. The first-order valence-corrected chi connectivity index (χ1v) is 13.3. The Morgan fingerprint density at radius 3 is 2.16 bits per heavy atom. The molecule has 0 aliphatic heterocycles. The number of rotatable bonds is 11. The van der Waals surface area contributed by atoms with Crippen LogP contribution in [0.25, 0.3) is 11.1 Å². The van der Waals surface area contributed by atoms with Crippen LogP contribution in [-0.2, 0) is 0 Å². The molecule has 0 aromatic heterocycles. The van der Waals surface area contributed by atoms with Crippen LogP contribution in [0.3, 0.4) is 0 Å². The summed E-state index contributed by atoms with van der Waals surface area (Å²) < 4.78 is 60.6. The van der Waals surface area contributed by atoms with E-state index < -0.39 is 11.6 Å². The molecule has 0 amide bonds. The lowest BCUT2D eigenvalue weighted by Crippen LogP contribution is -2.19. The van der Waals surface area contributed by atoms with Gasteiger partial charge in [0.2, 0.25) is 5.82 Å². The Morgan fingerprint density at radius 2 is 1.49 bits per heavy atom. The molecular weight excluding hydrogens is 477 g/mol. The molecule has 1 saturated carbocycles. The molecule has 1 fully saturated rings. The van der Waals surface area contributed by atoms with Gasteiger partial charge in [-0.05, 0) is 98.4 Å². The van der Waals surface area contributed by atoms with Gasteiger partial charge in [-0.1, -0.05) is 31.5 Å². The van der Waals surface area contributed by atoms with E-state index in [2.05, 4.69) is 6.92 Å². The smallest absolute Gasteiger partial charge is 0.201 e. The molecule has 3 aromatic carbocycles. The van der Waals surface area contributed by atoms with Crippen LogP contribution in [-0.4, -0.2) is 19.8 Å². The molecule has 0 atom stereocenters. The van der Waals surface area contributed by atoms with E-state index in [1.54, 1.807) is 42.5 Å². The summed E-state index contributed by atoms with van der Waals surface area (Å²) >= 11 is 0. The van der Waals surface area contributed by atoms with E-state index in [-0.39, 0.29) is 34.7 Å². The van der Waals surface area contributed by atoms with Crippen molar-refractivity contribution in [3.05, 3.63) is 77.6 Å². The monoisotopic (exact) mass is 512 g/mol. The normalized spacial score (nSPS) is 17.4. The Bertz CT molecular complexity index is 1160. The van der Waals surface area contributed by atoms with Crippen LogP contribution < -0.4 is 14.2 Å². The van der Waals surface area contributed by atoms with Crippen LogP contribution in [0.4, 0.5) is 13.2 Å². The van der Waals surface area contributed by atoms with E-state index in [1.807, 2.05) is 13.0 Å². The lowest BCUT2D eigenvalue weighted by molar-refractivity contribution is 0.192. The van der Waals surface area contributed by atoms with Crippen molar-refractivity contribution in [2.75, 3.05) is 19.8 Å². The Morgan fingerprint density at radius 1 is 0.757 bits per heavy atom. The Balaban J connectivity index is 1.31. The third-order valence-electron chi connectivity index (χ3n) is 7.03. The fourth-order valence-corrected chi connectivity index (χ4v) is 4.84. The van der Waals surface area contributed by atoms with Gasteiger partial charge in [0.1, 0.15) is 5.75 Å². The van der Waals surface area contributed by atoms with Gasteiger partial charge in [-0.25, -0.2) is 8.78 Å². The fraction of sp³-hybridized carbons (Fsp3) is 0.419. The van der Waals surface area contributed by atoms with Gasteiger partial charge in [0.25, 0.3) is 0 Å². The van der Waals surface area contributed by atoms with Crippen molar-refractivity contribution in [2.24, 2.45) is 5.92 Å². The number of benzene rings is 3. The SMILES string of the molecule is CCCCOc1ccc(-c2ccc(OCC3CCC(c4ccc(OCC)c(F)c4)CC3)c(F)c2F)cc1. The predicted octanol–water partition coefficient (Wildman–Crippen LogP) is 8.70. The minimum Gasteiger partial charge on any atom is -0.494 e. The summed E-state index contributed by atoms with van der Waals surface area (Å²) in [7, 11) is 0. The van der Waals surface area contributed by atoms with Gasteiger partial charge in [-0.15, -0.1) is 0 Å². The molecule has 1 aliphatic rings. The first kappa shape index (κ1) is 26.9. The van der Waals surface area contributed by atoms with E-state index in [0.717, 1.165) is 44.1 Å². The lowest BCUT2D eigenvalue weighted by Gasteiger charge is -2.29. The molecule has 0 spiro atoms. The summed E-state index contributed by atoms with van der Waals surface area (Å²) in [5.74, 6) is -0.789. The second kappa shape index (κ2) is 12.9. The Hall–Kier alpha value is -3.15. The van der Waals surface area contributed by atoms with E-state index in [4.69, 9.17) is 14.2 Å². The number of unbranched alkanes of at least 4 members (excludes halogenated alkanes) is 1. The molecule has 37 heavy (non-hydrogen) atoms. The van der Waals surface area contributed by atoms with Crippen LogP contribution >= 0.6 is 0 Å². The highest BCUT2D eigenvalue weighted by atomic mass is 19.2. The van der Waals surface area contributed by atoms with Crippen molar-refractivity contribution in [2.45, 2.75) is 58.3 Å². The van der Waals surface area contributed by atoms with Crippen molar-refractivity contribution in [3.63, 3.8) is 0 Å². The van der Waals surface area contributed by atoms with Gasteiger partial charge in [0.05, 0.1) is 19.8 Å². The quantitative estimate of drug-likeness (QED) is 0.241. The van der Waals surface area contributed by atoms with E-state index in [0.29, 0.717) is 31.1 Å². The number of halogens is 3. The largest absolute Gasteiger partial charge is 0.494 e. The average Bonchev–Trinajstić information content (AvgIpc) is 2.92. The Kier molecular flexibility index (Phi) is 9.37. The number of hydrogen-bond donors (Lipinski definition) is 0. The highest BCUT2D eigenvalue weighted by Crippen LogP contribution is 2.38. The maximum absolute atomic E-state index is 14.9. The van der Waals surface area contributed by atoms with Crippen LogP contribution in [0.2, 0.25) is 0 Å². The van der Waals surface area contributed by atoms with Crippen LogP contribution in [0.5, 0.6) is 17.2 Å². The highest BCUT2D eigenvalue weighted by molar-refractivity contribution is 5.66. The molecule has 3 nitrogen and oxygen atoms in total. The second-order valence-corrected chi connectivity index (χ2v) is 9.62. The highest BCUT2D eigenvalue weighted by Gasteiger charge is 2.24. The maximum atomic E-state index is 14.9. The van der Waals surface area contributed by atoms with Crippen LogP contribution in [0.1, 0.15) is 63.9 Å². The van der Waals surface area contributed by atoms with Gasteiger partial charge in [0, 0.05) is 5.56 Å². The van der Waals surface area contributed by atoms with E-state index in [9.17, 15) is 13.2 Å². The number of hydrogen-bond acceptors (Lipinski definition) is 3. The molecule has 0 N–H and O–H groups in total. The van der Waals surface area contributed by atoms with Crippen LogP contribution in [0, 0.1) is 23.4 Å². The van der Waals surface area contributed by atoms with Gasteiger partial charge in [-0.3, -0.25) is 0 Å². The van der Waals surface area contributed by atoms with Crippen molar-refractivity contribution in [3.8, 4) is 28.4 Å².